The van der Waals surface area contributed by atoms with E-state index in [0.29, 0.717) is 29.9 Å². The first-order valence-corrected chi connectivity index (χ1v) is 13.3. The Balaban J connectivity index is 1.36. The molecule has 4 heterocycles. The van der Waals surface area contributed by atoms with Crippen LogP contribution in [0.1, 0.15) is 57.7 Å². The van der Waals surface area contributed by atoms with Gasteiger partial charge in [-0.1, -0.05) is 36.4 Å². The van der Waals surface area contributed by atoms with Crippen molar-refractivity contribution in [3.63, 3.8) is 0 Å². The number of ether oxygens (including phenoxy) is 1. The lowest BCUT2D eigenvalue weighted by molar-refractivity contribution is 0.160. The Morgan fingerprint density at radius 3 is 2.46 bits per heavy atom. The van der Waals surface area contributed by atoms with Crippen molar-refractivity contribution in [1.29, 1.82) is 0 Å². The zero-order valence-electron chi connectivity index (χ0n) is 23.1. The first kappa shape index (κ1) is 25.2. The van der Waals surface area contributed by atoms with E-state index in [1.165, 1.54) is 0 Å². The van der Waals surface area contributed by atoms with Gasteiger partial charge >= 0.3 is 0 Å². The average molecular weight is 523 g/mol. The Kier molecular flexibility index (Phi) is 6.18. The largest absolute Gasteiger partial charge is 0.488 e. The van der Waals surface area contributed by atoms with Crippen LogP contribution in [0.5, 0.6) is 5.75 Å². The van der Waals surface area contributed by atoms with Crippen LogP contribution >= 0.6 is 0 Å². The summed E-state index contributed by atoms with van der Waals surface area (Å²) in [5.41, 5.74) is 4.83. The van der Waals surface area contributed by atoms with E-state index in [4.69, 9.17) is 14.7 Å². The fourth-order valence-electron chi connectivity index (χ4n) is 5.98. The van der Waals surface area contributed by atoms with Gasteiger partial charge in [-0.05, 0) is 74.7 Å². The molecule has 0 spiro atoms. The number of fused-ring (bicyclic) bond motifs is 1. The molecule has 5 aromatic rings. The van der Waals surface area contributed by atoms with Crippen LogP contribution in [0.4, 0.5) is 0 Å². The van der Waals surface area contributed by atoms with Crippen molar-refractivity contribution in [2.45, 2.75) is 64.1 Å². The third-order valence-electron chi connectivity index (χ3n) is 7.33. The van der Waals surface area contributed by atoms with Crippen LogP contribution in [0.2, 0.25) is 0 Å². The number of hydrogen-bond acceptors (Lipinski definition) is 7. The number of hydrogen-bond donors (Lipinski definition) is 1. The lowest BCUT2D eigenvalue weighted by atomic mass is 9.74. The fourth-order valence-corrected chi connectivity index (χ4v) is 5.98. The molecule has 1 saturated heterocycles. The van der Waals surface area contributed by atoms with E-state index in [9.17, 15) is 0 Å². The van der Waals surface area contributed by atoms with Crippen LogP contribution in [-0.4, -0.2) is 45.7 Å². The lowest BCUT2D eigenvalue weighted by Gasteiger charge is -2.46. The molecule has 0 bridgehead atoms. The Labute approximate surface area is 228 Å². The standard InChI is InChI=1S/C30H34N8O/c1-29(2)16-22(17-30(3,4)34-29)24-13-14-38-18-25(32-28(38)31-24)23-12-11-21(27-33-35-36-37(27)5)15-26(23)39-19-20-9-7-6-8-10-20/h6-15,18,22,34H,16-17,19H2,1-5H3. The van der Waals surface area contributed by atoms with Crippen molar-refractivity contribution in [1.82, 2.24) is 39.9 Å². The first-order valence-electron chi connectivity index (χ1n) is 13.3. The van der Waals surface area contributed by atoms with E-state index >= 15 is 0 Å². The molecule has 0 unspecified atom stereocenters. The third-order valence-corrected chi connectivity index (χ3v) is 7.33. The van der Waals surface area contributed by atoms with Crippen molar-refractivity contribution >= 4 is 5.78 Å². The molecule has 0 saturated carbocycles. The van der Waals surface area contributed by atoms with Crippen molar-refractivity contribution in [3.05, 3.63) is 78.2 Å². The van der Waals surface area contributed by atoms with E-state index in [2.05, 4.69) is 72.9 Å². The van der Waals surface area contributed by atoms with Gasteiger partial charge in [-0.3, -0.25) is 4.40 Å². The summed E-state index contributed by atoms with van der Waals surface area (Å²) >= 11 is 0. The number of nitrogens with one attached hydrogen (secondary N) is 1. The van der Waals surface area contributed by atoms with E-state index in [-0.39, 0.29) is 11.1 Å². The maximum Gasteiger partial charge on any atom is 0.234 e. The van der Waals surface area contributed by atoms with Crippen LogP contribution < -0.4 is 10.1 Å². The van der Waals surface area contributed by atoms with Crippen LogP contribution in [0.15, 0.2) is 67.0 Å². The van der Waals surface area contributed by atoms with Crippen molar-refractivity contribution in [3.8, 4) is 28.4 Å². The van der Waals surface area contributed by atoms with Gasteiger partial charge in [-0.2, -0.15) is 0 Å². The number of imidazole rings is 1. The second kappa shape index (κ2) is 9.57. The molecule has 0 aliphatic carbocycles. The number of rotatable bonds is 6. The molecule has 1 aliphatic rings. The SMILES string of the molecule is Cn1nnnc1-c1ccc(-c2cn3ccc(C4CC(C)(C)NC(C)(C)C4)nc3n2)c(OCc2ccccc2)c1. The number of benzene rings is 2. The smallest absolute Gasteiger partial charge is 0.234 e. The Morgan fingerprint density at radius 1 is 0.974 bits per heavy atom. The molecule has 2 aromatic carbocycles. The molecule has 0 atom stereocenters. The van der Waals surface area contributed by atoms with Gasteiger partial charge in [0.25, 0.3) is 0 Å². The Hall–Kier alpha value is -4.11. The fraction of sp³-hybridized carbons (Fsp3) is 0.367. The minimum Gasteiger partial charge on any atom is -0.488 e. The molecule has 200 valence electrons. The van der Waals surface area contributed by atoms with Gasteiger partial charge in [0.1, 0.15) is 12.4 Å². The highest BCUT2D eigenvalue weighted by molar-refractivity contribution is 5.73. The molecular weight excluding hydrogens is 488 g/mol. The molecule has 0 radical (unpaired) electrons. The second-order valence-electron chi connectivity index (χ2n) is 11.8. The van der Waals surface area contributed by atoms with E-state index < -0.39 is 0 Å². The van der Waals surface area contributed by atoms with Gasteiger partial charge in [-0.15, -0.1) is 5.10 Å². The first-order chi connectivity index (χ1) is 18.7. The Morgan fingerprint density at radius 2 is 1.74 bits per heavy atom. The maximum absolute atomic E-state index is 6.36. The molecule has 6 rings (SSSR count). The quantitative estimate of drug-likeness (QED) is 0.328. The number of piperidine rings is 1. The van der Waals surface area contributed by atoms with E-state index in [0.717, 1.165) is 40.9 Å². The molecule has 3 aromatic heterocycles. The molecule has 0 amide bonds. The average Bonchev–Trinajstić information content (AvgIpc) is 3.51. The second-order valence-corrected chi connectivity index (χ2v) is 11.8. The summed E-state index contributed by atoms with van der Waals surface area (Å²) in [5, 5.41) is 15.7. The number of aromatic nitrogens is 7. The molecule has 1 aliphatic heterocycles. The summed E-state index contributed by atoms with van der Waals surface area (Å²) in [5.74, 6) is 2.43. The van der Waals surface area contributed by atoms with Crippen molar-refractivity contribution in [2.24, 2.45) is 7.05 Å². The third kappa shape index (κ3) is 5.27. The highest BCUT2D eigenvalue weighted by Gasteiger charge is 2.38. The normalized spacial score (nSPS) is 16.9. The van der Waals surface area contributed by atoms with Gasteiger partial charge in [0.2, 0.25) is 5.78 Å². The van der Waals surface area contributed by atoms with Crippen LogP contribution in [0.3, 0.4) is 0 Å². The van der Waals surface area contributed by atoms with E-state index in [1.807, 2.05) is 54.0 Å². The summed E-state index contributed by atoms with van der Waals surface area (Å²) in [7, 11) is 1.82. The van der Waals surface area contributed by atoms with Crippen LogP contribution in [-0.2, 0) is 13.7 Å². The highest BCUT2D eigenvalue weighted by atomic mass is 16.5. The van der Waals surface area contributed by atoms with E-state index in [1.54, 1.807) is 4.68 Å². The van der Waals surface area contributed by atoms with Gasteiger partial charge in [0, 0.05) is 53.3 Å². The summed E-state index contributed by atoms with van der Waals surface area (Å²) in [6, 6.07) is 18.3. The molecular formula is C30H34N8O. The van der Waals surface area contributed by atoms with Gasteiger partial charge in [-0.25, -0.2) is 14.6 Å². The van der Waals surface area contributed by atoms with Gasteiger partial charge < -0.3 is 10.1 Å². The van der Waals surface area contributed by atoms with Crippen LogP contribution in [0.25, 0.3) is 28.4 Å². The zero-order chi connectivity index (χ0) is 27.2. The summed E-state index contributed by atoms with van der Waals surface area (Å²) in [6.45, 7) is 9.51. The topological polar surface area (TPSA) is 95.1 Å². The van der Waals surface area contributed by atoms with Crippen molar-refractivity contribution in [2.75, 3.05) is 0 Å². The molecule has 9 nitrogen and oxygen atoms in total. The molecule has 1 N–H and O–H groups in total. The number of aryl methyl sites for hydroxylation is 1. The predicted molar refractivity (Wildman–Crippen MR) is 150 cm³/mol. The number of tetrazole rings is 1. The van der Waals surface area contributed by atoms with Gasteiger partial charge in [0.05, 0.1) is 5.69 Å². The summed E-state index contributed by atoms with van der Waals surface area (Å²) < 4.78 is 9.99. The summed E-state index contributed by atoms with van der Waals surface area (Å²) in [6.07, 6.45) is 6.14. The maximum atomic E-state index is 6.36. The number of nitrogens with zero attached hydrogens (tertiary/aromatic N) is 7. The van der Waals surface area contributed by atoms with Crippen molar-refractivity contribution < 1.29 is 4.74 Å². The van der Waals surface area contributed by atoms with Gasteiger partial charge in [0.15, 0.2) is 5.82 Å². The summed E-state index contributed by atoms with van der Waals surface area (Å²) in [4.78, 5) is 9.97. The molecule has 1 fully saturated rings. The highest BCUT2D eigenvalue weighted by Crippen LogP contribution is 2.39. The molecule has 39 heavy (non-hydrogen) atoms. The zero-order valence-corrected chi connectivity index (χ0v) is 23.1. The minimum absolute atomic E-state index is 0.0474. The van der Waals surface area contributed by atoms with Crippen LogP contribution in [0, 0.1) is 0 Å². The molecule has 9 heteroatoms. The predicted octanol–water partition coefficient (Wildman–Crippen LogP) is 5.19. The Bertz CT molecular complexity index is 1600. The minimum atomic E-state index is 0.0474. The monoisotopic (exact) mass is 522 g/mol. The lowest BCUT2D eigenvalue weighted by Crippen LogP contribution is -2.57.